The highest BCUT2D eigenvalue weighted by Crippen LogP contribution is 2.32. The van der Waals surface area contributed by atoms with Crippen molar-refractivity contribution in [3.63, 3.8) is 0 Å². The molecule has 2 amide bonds. The Morgan fingerprint density at radius 1 is 1.27 bits per heavy atom. The number of piperidine rings is 1. The molecule has 0 radical (unpaired) electrons. The summed E-state index contributed by atoms with van der Waals surface area (Å²) in [6, 6.07) is 8.13. The van der Waals surface area contributed by atoms with Crippen LogP contribution < -0.4 is 10.5 Å². The zero-order valence-corrected chi connectivity index (χ0v) is 16.7. The molecule has 1 aromatic carbocycles. The molecule has 3 rings (SSSR count). The molecule has 30 heavy (non-hydrogen) atoms. The van der Waals surface area contributed by atoms with Gasteiger partial charge >= 0.3 is 12.0 Å². The maximum atomic E-state index is 13.1. The predicted octanol–water partition coefficient (Wildman–Crippen LogP) is 0.403. The predicted molar refractivity (Wildman–Crippen MR) is 104 cm³/mol. The molecule has 0 spiro atoms. The first kappa shape index (κ1) is 21.5. The fourth-order valence-electron chi connectivity index (χ4n) is 3.33. The van der Waals surface area contributed by atoms with E-state index in [2.05, 4.69) is 4.98 Å². The molecule has 11 heteroatoms. The van der Waals surface area contributed by atoms with Crippen LogP contribution in [0.25, 0.3) is 0 Å². The Morgan fingerprint density at radius 3 is 2.53 bits per heavy atom. The monoisotopic (exact) mass is 435 g/mol. The first-order chi connectivity index (χ1) is 14.1. The van der Waals surface area contributed by atoms with Gasteiger partial charge in [0, 0.05) is 24.5 Å². The summed E-state index contributed by atoms with van der Waals surface area (Å²) in [5.74, 6) is -1.33. The molecule has 2 unspecified atom stereocenters. The number of benzene rings is 1. The van der Waals surface area contributed by atoms with Gasteiger partial charge in [0.25, 0.3) is 0 Å². The molecule has 1 aliphatic heterocycles. The summed E-state index contributed by atoms with van der Waals surface area (Å²) in [6.45, 7) is -0.556. The van der Waals surface area contributed by atoms with Crippen LogP contribution in [0.3, 0.4) is 0 Å². The topological polar surface area (TPSA) is 160 Å². The zero-order chi connectivity index (χ0) is 21.9. The number of hydrogen-bond acceptors (Lipinski definition) is 7. The number of primary amides is 1. The van der Waals surface area contributed by atoms with E-state index < -0.39 is 39.2 Å². The summed E-state index contributed by atoms with van der Waals surface area (Å²) in [7, 11) is -4.22. The highest BCUT2D eigenvalue weighted by Gasteiger charge is 2.55. The van der Waals surface area contributed by atoms with Crippen molar-refractivity contribution in [2.24, 2.45) is 5.73 Å². The van der Waals surface area contributed by atoms with Gasteiger partial charge in [0.15, 0.2) is 15.4 Å². The molecular formula is C19H21N3O7S. The minimum absolute atomic E-state index is 0.0822. The van der Waals surface area contributed by atoms with Gasteiger partial charge in [0.1, 0.15) is 17.6 Å². The van der Waals surface area contributed by atoms with E-state index in [1.54, 1.807) is 18.5 Å². The van der Waals surface area contributed by atoms with Gasteiger partial charge in [0.05, 0.1) is 11.4 Å². The number of amides is 2. The number of nitrogens with two attached hydrogens (primary N) is 1. The summed E-state index contributed by atoms with van der Waals surface area (Å²) >= 11 is 0. The van der Waals surface area contributed by atoms with Crippen molar-refractivity contribution >= 4 is 21.8 Å². The lowest BCUT2D eigenvalue weighted by Crippen LogP contribution is -2.65. The van der Waals surface area contributed by atoms with E-state index in [0.717, 1.165) is 10.5 Å². The Balaban J connectivity index is 1.80. The molecule has 2 heterocycles. The van der Waals surface area contributed by atoms with Crippen LogP contribution in [0.15, 0.2) is 53.7 Å². The molecule has 1 fully saturated rings. The number of aliphatic hydroxyl groups is 1. The minimum atomic E-state index is -4.22. The van der Waals surface area contributed by atoms with E-state index in [4.69, 9.17) is 10.5 Å². The molecule has 1 saturated heterocycles. The number of pyridine rings is 1. The van der Waals surface area contributed by atoms with Gasteiger partial charge < -0.3 is 25.6 Å². The third-order valence-electron chi connectivity index (χ3n) is 4.96. The van der Waals surface area contributed by atoms with Crippen LogP contribution >= 0.6 is 0 Å². The smallest absolute Gasteiger partial charge is 0.338 e. The van der Waals surface area contributed by atoms with Gasteiger partial charge in [-0.15, -0.1) is 0 Å². The average Bonchev–Trinajstić information content (AvgIpc) is 2.73. The van der Waals surface area contributed by atoms with E-state index >= 15 is 0 Å². The van der Waals surface area contributed by atoms with Crippen LogP contribution in [-0.4, -0.2) is 64.5 Å². The summed E-state index contributed by atoms with van der Waals surface area (Å²) in [4.78, 5) is 27.8. The fourth-order valence-corrected chi connectivity index (χ4v) is 5.28. The van der Waals surface area contributed by atoms with Crippen molar-refractivity contribution in [2.45, 2.75) is 28.8 Å². The molecule has 4 N–H and O–H groups in total. The molecule has 1 aromatic heterocycles. The first-order valence-corrected chi connectivity index (χ1v) is 10.5. The van der Waals surface area contributed by atoms with Crippen LogP contribution in [0.4, 0.5) is 4.79 Å². The number of aromatic nitrogens is 1. The first-order valence-electron chi connectivity index (χ1n) is 9.00. The lowest BCUT2D eigenvalue weighted by Gasteiger charge is -2.40. The van der Waals surface area contributed by atoms with Crippen LogP contribution in [0.1, 0.15) is 12.0 Å². The molecule has 10 nitrogen and oxygen atoms in total. The highest BCUT2D eigenvalue weighted by molar-refractivity contribution is 7.92. The van der Waals surface area contributed by atoms with E-state index in [0.29, 0.717) is 5.75 Å². The SMILES string of the molecule is NC(=O)N1CCC(S(=O)(=O)c2ccc(OCc3cccnc3)cc2)C(O)(C(=O)O)C1. The number of ether oxygens (including phenoxy) is 1. The molecule has 2 atom stereocenters. The second-order valence-electron chi connectivity index (χ2n) is 6.93. The standard InChI is InChI=1S/C19H21N3O7S/c20-18(25)22-9-7-16(19(26,12-22)17(23)24)30(27,28)15-5-3-14(4-6-15)29-11-13-2-1-8-21-10-13/h1-6,8,10,16,26H,7,9,11-12H2,(H2,20,25)(H,23,24). The van der Waals surface area contributed by atoms with Gasteiger partial charge in [-0.1, -0.05) is 6.07 Å². The Bertz CT molecular complexity index is 1030. The third-order valence-corrected chi connectivity index (χ3v) is 7.27. The van der Waals surface area contributed by atoms with Gasteiger partial charge in [-0.25, -0.2) is 18.0 Å². The number of carbonyl (C=O) groups excluding carboxylic acids is 1. The van der Waals surface area contributed by atoms with Crippen molar-refractivity contribution in [1.82, 2.24) is 9.88 Å². The van der Waals surface area contributed by atoms with Crippen molar-refractivity contribution in [2.75, 3.05) is 13.1 Å². The number of aliphatic carboxylic acids is 1. The molecule has 0 saturated carbocycles. The fraction of sp³-hybridized carbons (Fsp3) is 0.316. The van der Waals surface area contributed by atoms with Gasteiger partial charge in [-0.2, -0.15) is 0 Å². The Kier molecular flexibility index (Phi) is 5.94. The number of hydrogen-bond donors (Lipinski definition) is 3. The second kappa shape index (κ2) is 8.28. The molecule has 0 aliphatic carbocycles. The quantitative estimate of drug-likeness (QED) is 0.588. The maximum absolute atomic E-state index is 13.1. The number of β-amino-alcohol motifs (C(OH)–C–C–N with tert-alkyl or cyclic N) is 1. The molecule has 160 valence electrons. The van der Waals surface area contributed by atoms with Crippen LogP contribution in [0, 0.1) is 0 Å². The summed E-state index contributed by atoms with van der Waals surface area (Å²) in [5.41, 5.74) is 3.31. The number of carboxylic acids is 1. The maximum Gasteiger partial charge on any atom is 0.338 e. The van der Waals surface area contributed by atoms with E-state index in [1.165, 1.54) is 24.3 Å². The van der Waals surface area contributed by atoms with Gasteiger partial charge in [0.2, 0.25) is 0 Å². The number of sulfone groups is 1. The number of carboxylic acid groups (broad SMARTS) is 1. The van der Waals surface area contributed by atoms with Crippen LogP contribution in [-0.2, 0) is 21.2 Å². The van der Waals surface area contributed by atoms with E-state index in [1.807, 2.05) is 6.07 Å². The summed E-state index contributed by atoms with van der Waals surface area (Å²) < 4.78 is 31.7. The third kappa shape index (κ3) is 4.21. The van der Waals surface area contributed by atoms with E-state index in [-0.39, 0.29) is 24.5 Å². The van der Waals surface area contributed by atoms with Crippen molar-refractivity contribution in [3.8, 4) is 5.75 Å². The lowest BCUT2D eigenvalue weighted by atomic mass is 9.92. The normalized spacial score (nSPS) is 21.8. The van der Waals surface area contributed by atoms with Crippen LogP contribution in [0.2, 0.25) is 0 Å². The van der Waals surface area contributed by atoms with Crippen LogP contribution in [0.5, 0.6) is 5.75 Å². The minimum Gasteiger partial charge on any atom is -0.489 e. The molecular weight excluding hydrogens is 414 g/mol. The summed E-state index contributed by atoms with van der Waals surface area (Å²) in [5, 5.41) is 18.5. The Labute approximate surface area is 172 Å². The van der Waals surface area contributed by atoms with Gasteiger partial charge in [-0.05, 0) is 36.8 Å². The number of nitrogens with zero attached hydrogens (tertiary/aromatic N) is 2. The molecule has 2 aromatic rings. The summed E-state index contributed by atoms with van der Waals surface area (Å²) in [6.07, 6.45) is 3.01. The largest absolute Gasteiger partial charge is 0.489 e. The van der Waals surface area contributed by atoms with Gasteiger partial charge in [-0.3, -0.25) is 4.98 Å². The Hall–Kier alpha value is -3.18. The number of rotatable bonds is 6. The Morgan fingerprint density at radius 2 is 1.97 bits per heavy atom. The van der Waals surface area contributed by atoms with E-state index in [9.17, 15) is 28.2 Å². The molecule has 1 aliphatic rings. The van der Waals surface area contributed by atoms with Crippen molar-refractivity contribution in [3.05, 3.63) is 54.4 Å². The lowest BCUT2D eigenvalue weighted by molar-refractivity contribution is -0.162. The van der Waals surface area contributed by atoms with Crippen molar-refractivity contribution < 1.29 is 33.0 Å². The van der Waals surface area contributed by atoms with Crippen molar-refractivity contribution in [1.29, 1.82) is 0 Å². The zero-order valence-electron chi connectivity index (χ0n) is 15.8. The second-order valence-corrected chi connectivity index (χ2v) is 9.06. The number of likely N-dealkylation sites (tertiary alicyclic amines) is 1. The highest BCUT2D eigenvalue weighted by atomic mass is 32.2. The molecule has 0 bridgehead atoms. The number of carbonyl (C=O) groups is 2. The average molecular weight is 435 g/mol. The number of urea groups is 1.